The van der Waals surface area contributed by atoms with E-state index in [1.807, 2.05) is 6.20 Å². The third-order valence-corrected chi connectivity index (χ3v) is 5.92. The molecule has 0 atom stereocenters. The largest absolute Gasteiger partial charge is 0.327 e. The average Bonchev–Trinajstić information content (AvgIpc) is 3.50. The minimum absolute atomic E-state index is 0.808. The maximum atomic E-state index is 4.66. The van der Waals surface area contributed by atoms with E-state index < -0.39 is 0 Å². The third-order valence-electron chi connectivity index (χ3n) is 5.92. The number of aromatic nitrogens is 2. The average molecular weight is 421 g/mol. The summed E-state index contributed by atoms with van der Waals surface area (Å²) in [6, 6.07) is 17.4. The van der Waals surface area contributed by atoms with Crippen LogP contribution in [-0.4, -0.2) is 9.55 Å². The third kappa shape index (κ3) is 5.64. The normalized spacial score (nSPS) is 13.1. The monoisotopic (exact) mass is 420 g/mol. The van der Waals surface area contributed by atoms with Crippen LogP contribution in [0.5, 0.6) is 0 Å². The van der Waals surface area contributed by atoms with Gasteiger partial charge in [0.15, 0.2) is 0 Å². The van der Waals surface area contributed by atoms with Crippen LogP contribution in [0.4, 0.5) is 0 Å². The van der Waals surface area contributed by atoms with Crippen LogP contribution in [0.2, 0.25) is 0 Å². The molecule has 0 saturated carbocycles. The summed E-state index contributed by atoms with van der Waals surface area (Å²) in [5.74, 6) is 1.01. The highest BCUT2D eigenvalue weighted by Crippen LogP contribution is 2.26. The first-order chi connectivity index (χ1) is 15.7. The van der Waals surface area contributed by atoms with Crippen LogP contribution in [-0.2, 0) is 6.54 Å². The first kappa shape index (κ1) is 21.8. The molecule has 2 aromatic carbocycles. The molecule has 32 heavy (non-hydrogen) atoms. The van der Waals surface area contributed by atoms with Crippen molar-refractivity contribution in [2.24, 2.45) is 0 Å². The van der Waals surface area contributed by atoms with Crippen molar-refractivity contribution >= 4 is 11.6 Å². The number of allylic oxidation sites excluding steroid dienone is 6. The molecule has 2 nitrogen and oxygen atoms in total. The molecule has 1 aliphatic rings. The van der Waals surface area contributed by atoms with Gasteiger partial charge in [-0.15, -0.1) is 6.58 Å². The molecule has 0 unspecified atom stereocenters. The molecule has 1 heterocycles. The molecule has 0 N–H and O–H groups in total. The zero-order valence-corrected chi connectivity index (χ0v) is 19.0. The summed E-state index contributed by atoms with van der Waals surface area (Å²) in [4.78, 5) is 4.66. The van der Waals surface area contributed by atoms with Crippen LogP contribution in [0.15, 0.2) is 97.4 Å². The molecule has 0 aliphatic heterocycles. The zero-order valence-electron chi connectivity index (χ0n) is 19.0. The Labute approximate surface area is 192 Å². The zero-order chi connectivity index (χ0) is 22.2. The van der Waals surface area contributed by atoms with E-state index in [1.54, 1.807) is 0 Å². The quantitative estimate of drug-likeness (QED) is 0.239. The minimum Gasteiger partial charge on any atom is -0.327 e. The Bertz CT molecular complexity index is 1140. The molecule has 0 fully saturated rings. The van der Waals surface area contributed by atoms with Crippen molar-refractivity contribution in [1.29, 1.82) is 0 Å². The van der Waals surface area contributed by atoms with Crippen LogP contribution < -0.4 is 0 Å². The van der Waals surface area contributed by atoms with Gasteiger partial charge in [-0.2, -0.15) is 0 Å². The van der Waals surface area contributed by atoms with Gasteiger partial charge in [-0.1, -0.05) is 84.5 Å². The van der Waals surface area contributed by atoms with Crippen molar-refractivity contribution < 1.29 is 0 Å². The van der Waals surface area contributed by atoms with Gasteiger partial charge in [-0.05, 0) is 61.3 Å². The summed E-state index contributed by atoms with van der Waals surface area (Å²) in [6.07, 6.45) is 20.7. The van der Waals surface area contributed by atoms with Gasteiger partial charge in [0.2, 0.25) is 0 Å². The highest BCUT2D eigenvalue weighted by atomic mass is 15.1. The Morgan fingerprint density at radius 3 is 2.66 bits per heavy atom. The Hall–Kier alpha value is -3.39. The molecule has 0 bridgehead atoms. The topological polar surface area (TPSA) is 17.8 Å². The molecule has 162 valence electrons. The Morgan fingerprint density at radius 1 is 1.06 bits per heavy atom. The molecule has 3 aromatic rings. The van der Waals surface area contributed by atoms with Crippen LogP contribution in [0, 0.1) is 0 Å². The van der Waals surface area contributed by atoms with Gasteiger partial charge in [0.1, 0.15) is 5.82 Å². The van der Waals surface area contributed by atoms with E-state index >= 15 is 0 Å². The summed E-state index contributed by atoms with van der Waals surface area (Å²) >= 11 is 0. The summed E-state index contributed by atoms with van der Waals surface area (Å²) in [5, 5.41) is 0. The van der Waals surface area contributed by atoms with Crippen molar-refractivity contribution in [1.82, 2.24) is 9.55 Å². The van der Waals surface area contributed by atoms with Gasteiger partial charge in [-0.25, -0.2) is 4.98 Å². The highest BCUT2D eigenvalue weighted by molar-refractivity contribution is 5.72. The van der Waals surface area contributed by atoms with E-state index in [-0.39, 0.29) is 0 Å². The lowest BCUT2D eigenvalue weighted by molar-refractivity contribution is 0.744. The molecule has 1 aliphatic carbocycles. The molecule has 2 heteroatoms. The maximum Gasteiger partial charge on any atom is 0.140 e. The second-order valence-electron chi connectivity index (χ2n) is 8.58. The van der Waals surface area contributed by atoms with Gasteiger partial charge >= 0.3 is 0 Å². The number of hydrogen-bond donors (Lipinski definition) is 0. The molecule has 0 amide bonds. The van der Waals surface area contributed by atoms with Crippen molar-refractivity contribution in [2.45, 2.75) is 45.6 Å². The van der Waals surface area contributed by atoms with E-state index in [0.29, 0.717) is 0 Å². The predicted molar refractivity (Wildman–Crippen MR) is 137 cm³/mol. The van der Waals surface area contributed by atoms with E-state index in [9.17, 15) is 0 Å². The lowest BCUT2D eigenvalue weighted by Gasteiger charge is -2.11. The van der Waals surface area contributed by atoms with Gasteiger partial charge in [0.05, 0.1) is 0 Å². The number of unbranched alkanes of at least 4 members (excludes halogenated alkanes) is 2. The van der Waals surface area contributed by atoms with Crippen LogP contribution in [0.25, 0.3) is 23.0 Å². The van der Waals surface area contributed by atoms with Crippen LogP contribution >= 0.6 is 0 Å². The lowest BCUT2D eigenvalue weighted by Crippen LogP contribution is -2.02. The first-order valence-electron chi connectivity index (χ1n) is 11.6. The molecule has 4 rings (SSSR count). The highest BCUT2D eigenvalue weighted by Gasteiger charge is 2.09. The summed E-state index contributed by atoms with van der Waals surface area (Å²) in [7, 11) is 0. The predicted octanol–water partition coefficient (Wildman–Crippen LogP) is 8.09. The molecule has 0 spiro atoms. The SMILES string of the molecule is C=C(C)CCCC/C=C/c1ccccc1Cn1ccnc1-c1ccc(C2=CC=CC2)cc1. The van der Waals surface area contributed by atoms with Crippen molar-refractivity contribution in [3.05, 3.63) is 114 Å². The molecular formula is C30H32N2. The smallest absolute Gasteiger partial charge is 0.140 e. The van der Waals surface area contributed by atoms with Gasteiger partial charge in [0.25, 0.3) is 0 Å². The van der Waals surface area contributed by atoms with E-state index in [1.165, 1.54) is 40.7 Å². The summed E-state index contributed by atoms with van der Waals surface area (Å²) in [5.41, 5.74) is 7.68. The van der Waals surface area contributed by atoms with E-state index in [0.717, 1.165) is 37.2 Å². The standard InChI is InChI=1S/C30H32N2/c1-24(2)11-5-3-4-6-12-26-15-9-10-16-29(26)23-32-22-21-31-30(32)28-19-17-27(18-20-28)25-13-7-8-14-25/h6-10,12-13,15-22H,1,3-5,11,14,23H2,2H3/b12-6+. The second kappa shape index (κ2) is 10.8. The Morgan fingerprint density at radius 2 is 1.88 bits per heavy atom. The number of imidazole rings is 1. The van der Waals surface area contributed by atoms with Gasteiger partial charge in [0, 0.05) is 24.5 Å². The van der Waals surface area contributed by atoms with Crippen LogP contribution in [0.1, 0.15) is 55.7 Å². The van der Waals surface area contributed by atoms with Gasteiger partial charge < -0.3 is 4.57 Å². The van der Waals surface area contributed by atoms with E-state index in [4.69, 9.17) is 0 Å². The van der Waals surface area contributed by atoms with Crippen LogP contribution in [0.3, 0.4) is 0 Å². The number of hydrogen-bond acceptors (Lipinski definition) is 1. The molecule has 1 aromatic heterocycles. The van der Waals surface area contributed by atoms with Gasteiger partial charge in [-0.3, -0.25) is 0 Å². The summed E-state index contributed by atoms with van der Waals surface area (Å²) in [6.45, 7) is 6.90. The second-order valence-corrected chi connectivity index (χ2v) is 8.58. The fourth-order valence-electron chi connectivity index (χ4n) is 4.12. The number of nitrogens with zero attached hydrogens (tertiary/aromatic N) is 2. The molecule has 0 radical (unpaired) electrons. The summed E-state index contributed by atoms with van der Waals surface area (Å²) < 4.78 is 2.24. The maximum absolute atomic E-state index is 4.66. The van der Waals surface area contributed by atoms with Crippen molar-refractivity contribution in [3.63, 3.8) is 0 Å². The number of rotatable bonds is 10. The lowest BCUT2D eigenvalue weighted by atomic mass is 10.0. The van der Waals surface area contributed by atoms with Crippen molar-refractivity contribution in [2.75, 3.05) is 0 Å². The van der Waals surface area contributed by atoms with Crippen molar-refractivity contribution in [3.8, 4) is 11.4 Å². The fraction of sp³-hybridized carbons (Fsp3) is 0.233. The molecular weight excluding hydrogens is 388 g/mol. The fourth-order valence-corrected chi connectivity index (χ4v) is 4.12. The molecule has 0 saturated heterocycles. The number of benzene rings is 2. The Kier molecular flexibility index (Phi) is 7.34. The minimum atomic E-state index is 0.808. The van der Waals surface area contributed by atoms with E-state index in [2.05, 4.69) is 108 Å². The first-order valence-corrected chi connectivity index (χ1v) is 11.6. The Balaban J connectivity index is 1.45.